The molecule has 0 aliphatic heterocycles. The molecule has 0 saturated heterocycles. The molecule has 1 saturated carbocycles. The lowest BCUT2D eigenvalue weighted by atomic mass is 9.48. The van der Waals surface area contributed by atoms with Gasteiger partial charge in [0.2, 0.25) is 0 Å². The van der Waals surface area contributed by atoms with Crippen LogP contribution in [0.2, 0.25) is 0 Å². The van der Waals surface area contributed by atoms with Crippen molar-refractivity contribution in [3.63, 3.8) is 0 Å². The Labute approximate surface area is 155 Å². The van der Waals surface area contributed by atoms with Crippen LogP contribution in [0, 0.1) is 5.92 Å². The highest BCUT2D eigenvalue weighted by molar-refractivity contribution is 5.45. The largest absolute Gasteiger partial charge is 0.508 e. The summed E-state index contributed by atoms with van der Waals surface area (Å²) in [7, 11) is 0. The molecule has 4 rings (SSSR count). The second kappa shape index (κ2) is 5.83. The first-order valence-corrected chi connectivity index (χ1v) is 9.71. The molecule has 2 aromatic carbocycles. The Kier molecular flexibility index (Phi) is 3.94. The summed E-state index contributed by atoms with van der Waals surface area (Å²) in [6.07, 6.45) is 4.38. The van der Waals surface area contributed by atoms with Gasteiger partial charge in [0.05, 0.1) is 0 Å². The summed E-state index contributed by atoms with van der Waals surface area (Å²) in [5.74, 6) is 0.715. The van der Waals surface area contributed by atoms with Gasteiger partial charge in [-0.2, -0.15) is 0 Å². The van der Waals surface area contributed by atoms with E-state index < -0.39 is 11.1 Å². The van der Waals surface area contributed by atoms with E-state index >= 15 is 0 Å². The maximum Gasteiger partial charge on any atom is 0.115 e. The van der Waals surface area contributed by atoms with Crippen molar-refractivity contribution in [3.8, 4) is 5.75 Å². The minimum absolute atomic E-state index is 0.0359. The van der Waals surface area contributed by atoms with E-state index in [4.69, 9.17) is 5.73 Å². The number of aryl methyl sites for hydroxylation is 1. The third-order valence-electron chi connectivity index (χ3n) is 7.22. The number of phenols is 1. The smallest absolute Gasteiger partial charge is 0.115 e. The lowest BCUT2D eigenvalue weighted by Crippen LogP contribution is -2.66. The number of aromatic hydroxyl groups is 1. The molecular weight excluding hydrogens is 322 g/mol. The van der Waals surface area contributed by atoms with Gasteiger partial charge < -0.3 is 15.9 Å². The van der Waals surface area contributed by atoms with E-state index in [-0.39, 0.29) is 5.41 Å². The van der Waals surface area contributed by atoms with Crippen molar-refractivity contribution in [1.82, 2.24) is 0 Å². The van der Waals surface area contributed by atoms with Crippen LogP contribution in [-0.2, 0) is 17.4 Å². The van der Waals surface area contributed by atoms with Gasteiger partial charge in [-0.1, -0.05) is 43.3 Å². The number of aliphatic hydroxyl groups is 1. The van der Waals surface area contributed by atoms with Crippen LogP contribution in [0.25, 0.3) is 0 Å². The summed E-state index contributed by atoms with van der Waals surface area (Å²) in [5.41, 5.74) is 8.54. The maximum absolute atomic E-state index is 11.7. The Morgan fingerprint density at radius 3 is 2.58 bits per heavy atom. The molecule has 26 heavy (non-hydrogen) atoms. The van der Waals surface area contributed by atoms with Crippen LogP contribution in [0.5, 0.6) is 5.75 Å². The van der Waals surface area contributed by atoms with Crippen molar-refractivity contribution in [1.29, 1.82) is 0 Å². The van der Waals surface area contributed by atoms with E-state index in [1.165, 1.54) is 11.1 Å². The predicted octanol–water partition coefficient (Wildman–Crippen LogP) is 4.00. The number of fused-ring (bicyclic) bond motifs is 3. The number of benzene rings is 2. The fourth-order valence-corrected chi connectivity index (χ4v) is 5.79. The number of phenolic OH excluding ortho intramolecular Hbond substituents is 1. The third-order valence-corrected chi connectivity index (χ3v) is 7.22. The van der Waals surface area contributed by atoms with Crippen LogP contribution in [0.1, 0.15) is 56.2 Å². The molecule has 138 valence electrons. The van der Waals surface area contributed by atoms with E-state index in [1.807, 2.05) is 43.3 Å². The molecule has 0 bridgehead atoms. The van der Waals surface area contributed by atoms with Gasteiger partial charge in [0, 0.05) is 11.0 Å². The highest BCUT2D eigenvalue weighted by Crippen LogP contribution is 2.59. The van der Waals surface area contributed by atoms with E-state index in [1.54, 1.807) is 6.07 Å². The summed E-state index contributed by atoms with van der Waals surface area (Å²) in [6.45, 7) is 4.24. The van der Waals surface area contributed by atoms with E-state index in [2.05, 4.69) is 13.0 Å². The van der Waals surface area contributed by atoms with Crippen LogP contribution >= 0.6 is 0 Å². The monoisotopic (exact) mass is 351 g/mol. The molecule has 0 amide bonds. The first kappa shape index (κ1) is 17.6. The number of hydrogen-bond donors (Lipinski definition) is 3. The lowest BCUT2D eigenvalue weighted by Gasteiger charge is -2.59. The number of hydrogen-bond acceptors (Lipinski definition) is 3. The second-order valence-electron chi connectivity index (χ2n) is 8.61. The molecule has 2 aliphatic rings. The second-order valence-corrected chi connectivity index (χ2v) is 8.61. The summed E-state index contributed by atoms with van der Waals surface area (Å²) in [6, 6.07) is 15.7. The van der Waals surface area contributed by atoms with Crippen LogP contribution in [0.15, 0.2) is 48.5 Å². The molecule has 0 radical (unpaired) electrons. The molecule has 0 unspecified atom stereocenters. The van der Waals surface area contributed by atoms with Gasteiger partial charge in [0.15, 0.2) is 0 Å². The molecular formula is C23H29NO2. The SMILES string of the molecule is CC[C@@]12C[C@@](C)(N)[C@](O)(c3ccccc3)C[C@H]1CCc1cc(O)ccc12. The Morgan fingerprint density at radius 1 is 1.15 bits per heavy atom. The van der Waals surface area contributed by atoms with Crippen molar-refractivity contribution in [2.24, 2.45) is 11.7 Å². The molecule has 0 heterocycles. The summed E-state index contributed by atoms with van der Waals surface area (Å²) < 4.78 is 0. The Morgan fingerprint density at radius 2 is 1.88 bits per heavy atom. The zero-order chi connectivity index (χ0) is 18.6. The van der Waals surface area contributed by atoms with Gasteiger partial charge in [-0.25, -0.2) is 0 Å². The lowest BCUT2D eigenvalue weighted by molar-refractivity contribution is -0.113. The number of nitrogens with two attached hydrogens (primary N) is 1. The normalized spacial score (nSPS) is 36.2. The molecule has 2 aliphatic carbocycles. The molecule has 3 nitrogen and oxygen atoms in total. The molecule has 4 N–H and O–H groups in total. The Bertz CT molecular complexity index is 816. The van der Waals surface area contributed by atoms with Crippen molar-refractivity contribution >= 4 is 0 Å². The van der Waals surface area contributed by atoms with Gasteiger partial charge in [-0.3, -0.25) is 0 Å². The average Bonchev–Trinajstić information content (AvgIpc) is 2.63. The summed E-state index contributed by atoms with van der Waals surface area (Å²) in [4.78, 5) is 0. The van der Waals surface area contributed by atoms with E-state index in [0.29, 0.717) is 18.1 Å². The molecule has 1 fully saturated rings. The van der Waals surface area contributed by atoms with Crippen molar-refractivity contribution in [2.75, 3.05) is 0 Å². The first-order chi connectivity index (χ1) is 12.3. The highest BCUT2D eigenvalue weighted by atomic mass is 16.3. The first-order valence-electron chi connectivity index (χ1n) is 9.71. The van der Waals surface area contributed by atoms with Gasteiger partial charge in [0.1, 0.15) is 11.4 Å². The topological polar surface area (TPSA) is 66.5 Å². The number of rotatable bonds is 2. The minimum atomic E-state index is -1.02. The third kappa shape index (κ3) is 2.34. The molecule has 2 aromatic rings. The summed E-state index contributed by atoms with van der Waals surface area (Å²) in [5, 5.41) is 21.7. The van der Waals surface area contributed by atoms with E-state index in [0.717, 1.165) is 31.2 Å². The fourth-order valence-electron chi connectivity index (χ4n) is 5.79. The average molecular weight is 351 g/mol. The minimum Gasteiger partial charge on any atom is -0.508 e. The van der Waals surface area contributed by atoms with Crippen LogP contribution in [0.4, 0.5) is 0 Å². The molecule has 4 atom stereocenters. The highest BCUT2D eigenvalue weighted by Gasteiger charge is 2.59. The van der Waals surface area contributed by atoms with E-state index in [9.17, 15) is 10.2 Å². The van der Waals surface area contributed by atoms with Crippen molar-refractivity contribution < 1.29 is 10.2 Å². The van der Waals surface area contributed by atoms with Crippen molar-refractivity contribution in [3.05, 3.63) is 65.2 Å². The van der Waals surface area contributed by atoms with Gasteiger partial charge in [-0.15, -0.1) is 0 Å². The molecule has 0 aromatic heterocycles. The van der Waals surface area contributed by atoms with Crippen molar-refractivity contribution in [2.45, 2.75) is 62.5 Å². The van der Waals surface area contributed by atoms with Gasteiger partial charge in [0.25, 0.3) is 0 Å². The van der Waals surface area contributed by atoms with Gasteiger partial charge in [-0.05, 0) is 73.8 Å². The van der Waals surface area contributed by atoms with Crippen LogP contribution in [-0.4, -0.2) is 15.8 Å². The Hall–Kier alpha value is -1.84. The molecule has 3 heteroatoms. The standard InChI is InChI=1S/C23H29NO2/c1-3-22-15-21(2,24)23(26,17-7-5-4-6-8-17)14-18(22)10-9-16-13-19(25)11-12-20(16)22/h4-8,11-13,18,25-26H,3,9-10,14-15,24H2,1-2H3/t18-,21-,22-,23-/m1/s1. The maximum atomic E-state index is 11.7. The summed E-state index contributed by atoms with van der Waals surface area (Å²) >= 11 is 0. The van der Waals surface area contributed by atoms with Crippen LogP contribution < -0.4 is 5.73 Å². The zero-order valence-electron chi connectivity index (χ0n) is 15.7. The zero-order valence-corrected chi connectivity index (χ0v) is 15.7. The Balaban J connectivity index is 1.83. The predicted molar refractivity (Wildman–Crippen MR) is 104 cm³/mol. The van der Waals surface area contributed by atoms with Gasteiger partial charge >= 0.3 is 0 Å². The quantitative estimate of drug-likeness (QED) is 0.766. The molecule has 0 spiro atoms. The fraction of sp³-hybridized carbons (Fsp3) is 0.478. The van der Waals surface area contributed by atoms with Crippen LogP contribution in [0.3, 0.4) is 0 Å².